The van der Waals surface area contributed by atoms with Gasteiger partial charge in [0.25, 0.3) is 5.91 Å². The van der Waals surface area contributed by atoms with Crippen LogP contribution in [0.15, 0.2) is 29.1 Å². The van der Waals surface area contributed by atoms with Crippen molar-refractivity contribution in [1.29, 1.82) is 0 Å². The van der Waals surface area contributed by atoms with Gasteiger partial charge >= 0.3 is 0 Å². The number of fused-ring (bicyclic) bond motifs is 1. The molecular weight excluding hydrogens is 292 g/mol. The molecule has 23 heavy (non-hydrogen) atoms. The van der Waals surface area contributed by atoms with Gasteiger partial charge in [-0.25, -0.2) is 0 Å². The zero-order chi connectivity index (χ0) is 16.6. The molecule has 3 rings (SSSR count). The van der Waals surface area contributed by atoms with E-state index in [4.69, 9.17) is 4.52 Å². The van der Waals surface area contributed by atoms with E-state index in [9.17, 15) is 4.79 Å². The van der Waals surface area contributed by atoms with Crippen LogP contribution in [0.4, 0.5) is 0 Å². The maximum absolute atomic E-state index is 12.9. The van der Waals surface area contributed by atoms with Crippen LogP contribution in [0, 0.1) is 13.8 Å². The lowest BCUT2D eigenvalue weighted by Gasteiger charge is -2.17. The summed E-state index contributed by atoms with van der Waals surface area (Å²) >= 11 is 0. The smallest absolute Gasteiger partial charge is 0.270 e. The van der Waals surface area contributed by atoms with Crippen molar-refractivity contribution in [1.82, 2.24) is 19.6 Å². The fourth-order valence-electron chi connectivity index (χ4n) is 3.05. The molecule has 6 nitrogen and oxygen atoms in total. The van der Waals surface area contributed by atoms with Crippen LogP contribution >= 0.6 is 0 Å². The van der Waals surface area contributed by atoms with Gasteiger partial charge in [0.05, 0.1) is 5.52 Å². The maximum Gasteiger partial charge on any atom is 0.270 e. The van der Waals surface area contributed by atoms with Gasteiger partial charge in [0, 0.05) is 32.4 Å². The minimum absolute atomic E-state index is 0.00379. The number of para-hydroxylation sites is 1. The minimum atomic E-state index is 0.00379. The number of rotatable bonds is 4. The molecule has 0 fully saturated rings. The van der Waals surface area contributed by atoms with E-state index in [0.717, 1.165) is 22.2 Å². The SMILES string of the molecule is Cc1c(C(=O)N(C)CCc2ncon2)n(C)c2c(C)cccc12. The van der Waals surface area contributed by atoms with Gasteiger partial charge in [-0.05, 0) is 25.0 Å². The second-order valence-electron chi connectivity index (χ2n) is 5.83. The number of amides is 1. The van der Waals surface area contributed by atoms with Gasteiger partial charge in [-0.2, -0.15) is 4.98 Å². The number of carbonyl (C=O) groups is 1. The summed E-state index contributed by atoms with van der Waals surface area (Å²) in [6.07, 6.45) is 1.87. The first-order valence-electron chi connectivity index (χ1n) is 7.56. The molecule has 2 aromatic heterocycles. The summed E-state index contributed by atoms with van der Waals surface area (Å²) in [5.74, 6) is 0.610. The Bertz CT molecular complexity index is 849. The second-order valence-corrected chi connectivity index (χ2v) is 5.83. The number of carbonyl (C=O) groups excluding carboxylic acids is 1. The molecule has 0 aliphatic heterocycles. The largest absolute Gasteiger partial charge is 0.343 e. The zero-order valence-corrected chi connectivity index (χ0v) is 13.8. The molecule has 3 aromatic rings. The van der Waals surface area contributed by atoms with Gasteiger partial charge in [0.2, 0.25) is 6.39 Å². The molecular formula is C17H20N4O2. The average Bonchev–Trinajstić information content (AvgIpc) is 3.13. The molecule has 1 amide bonds. The Labute approximate surface area is 134 Å². The van der Waals surface area contributed by atoms with Crippen LogP contribution in [-0.4, -0.2) is 39.1 Å². The summed E-state index contributed by atoms with van der Waals surface area (Å²) in [6, 6.07) is 6.16. The van der Waals surface area contributed by atoms with Crippen molar-refractivity contribution in [3.8, 4) is 0 Å². The molecule has 0 spiro atoms. The highest BCUT2D eigenvalue weighted by Gasteiger charge is 2.22. The molecule has 1 aromatic carbocycles. The van der Waals surface area contributed by atoms with Gasteiger partial charge in [-0.15, -0.1) is 0 Å². The van der Waals surface area contributed by atoms with Crippen molar-refractivity contribution < 1.29 is 9.32 Å². The van der Waals surface area contributed by atoms with Crippen LogP contribution < -0.4 is 0 Å². The molecule has 6 heteroatoms. The second kappa shape index (κ2) is 5.87. The Morgan fingerprint density at radius 2 is 2.13 bits per heavy atom. The molecule has 0 aliphatic rings. The topological polar surface area (TPSA) is 64.2 Å². The molecule has 0 bridgehead atoms. The van der Waals surface area contributed by atoms with E-state index >= 15 is 0 Å². The first-order valence-corrected chi connectivity index (χ1v) is 7.56. The normalized spacial score (nSPS) is 11.1. The maximum atomic E-state index is 12.9. The van der Waals surface area contributed by atoms with Crippen molar-refractivity contribution in [2.75, 3.05) is 13.6 Å². The van der Waals surface area contributed by atoms with E-state index < -0.39 is 0 Å². The summed E-state index contributed by atoms with van der Waals surface area (Å²) in [7, 11) is 3.75. The number of hydrogen-bond donors (Lipinski definition) is 0. The molecule has 0 N–H and O–H groups in total. The first-order chi connectivity index (χ1) is 11.0. The summed E-state index contributed by atoms with van der Waals surface area (Å²) in [6.45, 7) is 4.61. The molecule has 0 saturated heterocycles. The molecule has 120 valence electrons. The Hall–Kier alpha value is -2.63. The quantitative estimate of drug-likeness (QED) is 0.742. The van der Waals surface area contributed by atoms with Gasteiger partial charge in [0.15, 0.2) is 5.82 Å². The van der Waals surface area contributed by atoms with E-state index in [0.29, 0.717) is 18.8 Å². The van der Waals surface area contributed by atoms with Gasteiger partial charge < -0.3 is 14.0 Å². The van der Waals surface area contributed by atoms with E-state index in [1.54, 1.807) is 11.9 Å². The lowest BCUT2D eigenvalue weighted by atomic mass is 10.1. The average molecular weight is 312 g/mol. The van der Waals surface area contributed by atoms with E-state index in [-0.39, 0.29) is 5.91 Å². The highest BCUT2D eigenvalue weighted by atomic mass is 16.5. The van der Waals surface area contributed by atoms with Gasteiger partial charge in [-0.1, -0.05) is 23.4 Å². The van der Waals surface area contributed by atoms with Crippen LogP contribution in [0.2, 0.25) is 0 Å². The minimum Gasteiger partial charge on any atom is -0.343 e. The van der Waals surface area contributed by atoms with E-state index in [1.165, 1.54) is 12.0 Å². The standard InChI is InChI=1S/C17H20N4O2/c1-11-6-5-7-13-12(2)16(21(4)15(11)13)17(22)20(3)9-8-14-18-10-23-19-14/h5-7,10H,8-9H2,1-4H3. The van der Waals surface area contributed by atoms with Gasteiger partial charge in [0.1, 0.15) is 5.69 Å². The summed E-state index contributed by atoms with van der Waals surface area (Å²) in [4.78, 5) is 18.5. The lowest BCUT2D eigenvalue weighted by Crippen LogP contribution is -2.31. The zero-order valence-electron chi connectivity index (χ0n) is 13.8. The molecule has 0 unspecified atom stereocenters. The summed E-state index contributed by atoms with van der Waals surface area (Å²) < 4.78 is 6.71. The number of nitrogens with zero attached hydrogens (tertiary/aromatic N) is 4. The summed E-state index contributed by atoms with van der Waals surface area (Å²) in [5, 5.41) is 4.90. The molecule has 0 aliphatic carbocycles. The highest BCUT2D eigenvalue weighted by molar-refractivity contribution is 6.02. The number of aryl methyl sites for hydroxylation is 3. The van der Waals surface area contributed by atoms with Crippen LogP contribution in [0.1, 0.15) is 27.4 Å². The lowest BCUT2D eigenvalue weighted by molar-refractivity contribution is 0.0786. The van der Waals surface area contributed by atoms with Crippen LogP contribution in [0.25, 0.3) is 10.9 Å². The van der Waals surface area contributed by atoms with E-state index in [1.807, 2.05) is 24.6 Å². The summed E-state index contributed by atoms with van der Waals surface area (Å²) in [5.41, 5.74) is 4.02. The predicted molar refractivity (Wildman–Crippen MR) is 87.4 cm³/mol. The van der Waals surface area contributed by atoms with Crippen LogP contribution in [0.5, 0.6) is 0 Å². The highest BCUT2D eigenvalue weighted by Crippen LogP contribution is 2.27. The van der Waals surface area contributed by atoms with Crippen molar-refractivity contribution >= 4 is 16.8 Å². The number of likely N-dealkylation sites (N-methyl/N-ethyl adjacent to an activating group) is 1. The molecule has 0 atom stereocenters. The number of benzene rings is 1. The van der Waals surface area contributed by atoms with Crippen molar-refractivity contribution in [2.24, 2.45) is 7.05 Å². The van der Waals surface area contributed by atoms with Crippen molar-refractivity contribution in [3.63, 3.8) is 0 Å². The monoisotopic (exact) mass is 312 g/mol. The fraction of sp³-hybridized carbons (Fsp3) is 0.353. The third-order valence-electron chi connectivity index (χ3n) is 4.29. The fourth-order valence-corrected chi connectivity index (χ4v) is 3.05. The van der Waals surface area contributed by atoms with Crippen molar-refractivity contribution in [3.05, 3.63) is 47.2 Å². The van der Waals surface area contributed by atoms with Crippen molar-refractivity contribution in [2.45, 2.75) is 20.3 Å². The van der Waals surface area contributed by atoms with Gasteiger partial charge in [-0.3, -0.25) is 4.79 Å². The van der Waals surface area contributed by atoms with E-state index in [2.05, 4.69) is 29.2 Å². The Kier molecular flexibility index (Phi) is 3.90. The first kappa shape index (κ1) is 15.3. The third kappa shape index (κ3) is 2.60. The van der Waals surface area contributed by atoms with Crippen LogP contribution in [0.3, 0.4) is 0 Å². The Morgan fingerprint density at radius 3 is 2.78 bits per heavy atom. The number of aromatic nitrogens is 3. The predicted octanol–water partition coefficient (Wildman–Crippen LogP) is 2.49. The number of hydrogen-bond acceptors (Lipinski definition) is 4. The molecule has 0 radical (unpaired) electrons. The Balaban J connectivity index is 1.90. The third-order valence-corrected chi connectivity index (χ3v) is 4.29. The Morgan fingerprint density at radius 1 is 1.35 bits per heavy atom. The van der Waals surface area contributed by atoms with Crippen LogP contribution in [-0.2, 0) is 13.5 Å². The molecule has 2 heterocycles. The molecule has 0 saturated carbocycles.